The molecule has 0 bridgehead atoms. The Morgan fingerprint density at radius 3 is 2.77 bits per heavy atom. The predicted octanol–water partition coefficient (Wildman–Crippen LogP) is 1.50. The molecule has 0 aliphatic carbocycles. The summed E-state index contributed by atoms with van der Waals surface area (Å²) in [6.07, 6.45) is 3.26. The van der Waals surface area contributed by atoms with Crippen LogP contribution in [-0.4, -0.2) is 64.1 Å². The monoisotopic (exact) mass is 364 g/mol. The summed E-state index contributed by atoms with van der Waals surface area (Å²) in [6.45, 7) is 10.2. The van der Waals surface area contributed by atoms with Gasteiger partial charge in [0.05, 0.1) is 24.0 Å². The second-order valence-corrected chi connectivity index (χ2v) is 7.50. The summed E-state index contributed by atoms with van der Waals surface area (Å²) in [6, 6.07) is 0. The maximum absolute atomic E-state index is 12.8. The van der Waals surface area contributed by atoms with Gasteiger partial charge >= 0.3 is 0 Å². The molecule has 2 aliphatic rings. The van der Waals surface area contributed by atoms with Crippen molar-refractivity contribution in [3.8, 4) is 0 Å². The predicted molar refractivity (Wildman–Crippen MR) is 99.2 cm³/mol. The van der Waals surface area contributed by atoms with E-state index in [1.807, 2.05) is 25.5 Å². The number of amides is 1. The van der Waals surface area contributed by atoms with Gasteiger partial charge in [0.2, 0.25) is 0 Å². The number of fused-ring (bicyclic) bond motifs is 1. The Hall–Kier alpha value is -1.44. The topological polar surface area (TPSA) is 79.6 Å². The van der Waals surface area contributed by atoms with Crippen LogP contribution in [0.1, 0.15) is 67.9 Å². The van der Waals surface area contributed by atoms with Gasteiger partial charge in [0.25, 0.3) is 5.91 Å². The molecule has 1 amide bonds. The van der Waals surface area contributed by atoms with Gasteiger partial charge in [-0.1, -0.05) is 0 Å². The molecule has 1 aromatic rings. The van der Waals surface area contributed by atoms with Crippen LogP contribution in [0, 0.1) is 0 Å². The zero-order valence-electron chi connectivity index (χ0n) is 16.2. The average molecular weight is 364 g/mol. The highest BCUT2D eigenvalue weighted by Crippen LogP contribution is 2.31. The van der Waals surface area contributed by atoms with Crippen LogP contribution in [0.3, 0.4) is 0 Å². The molecule has 1 fully saturated rings. The number of hydrogen-bond acceptors (Lipinski definition) is 5. The van der Waals surface area contributed by atoms with Crippen molar-refractivity contribution in [2.75, 3.05) is 26.2 Å². The van der Waals surface area contributed by atoms with Crippen molar-refractivity contribution in [2.45, 2.75) is 71.3 Å². The average Bonchev–Trinajstić information content (AvgIpc) is 2.99. The Morgan fingerprint density at radius 1 is 1.35 bits per heavy atom. The van der Waals surface area contributed by atoms with Crippen LogP contribution < -0.4 is 5.32 Å². The maximum atomic E-state index is 12.8. The van der Waals surface area contributed by atoms with Crippen LogP contribution >= 0.6 is 0 Å². The third kappa shape index (κ3) is 4.27. The minimum absolute atomic E-state index is 0.0315. The van der Waals surface area contributed by atoms with Gasteiger partial charge in [-0.05, 0) is 46.6 Å². The van der Waals surface area contributed by atoms with Crippen molar-refractivity contribution in [1.82, 2.24) is 20.0 Å². The number of ether oxygens (including phenoxy) is 1. The van der Waals surface area contributed by atoms with Gasteiger partial charge in [0, 0.05) is 38.2 Å². The molecular formula is C19H32N4O3. The number of piperidine rings is 1. The first-order valence-corrected chi connectivity index (χ1v) is 9.93. The van der Waals surface area contributed by atoms with Crippen LogP contribution in [0.25, 0.3) is 0 Å². The molecule has 7 nitrogen and oxygen atoms in total. The van der Waals surface area contributed by atoms with Crippen LogP contribution in [0.5, 0.6) is 0 Å². The molecule has 2 atom stereocenters. The van der Waals surface area contributed by atoms with Gasteiger partial charge in [0.1, 0.15) is 5.69 Å². The number of nitrogens with one attached hydrogen (secondary N) is 1. The quantitative estimate of drug-likeness (QED) is 0.748. The lowest BCUT2D eigenvalue weighted by atomic mass is 9.99. The Bertz CT molecular complexity index is 623. The summed E-state index contributed by atoms with van der Waals surface area (Å²) in [5.74, 6) is -0.0315. The van der Waals surface area contributed by atoms with Gasteiger partial charge in [-0.15, -0.1) is 0 Å². The van der Waals surface area contributed by atoms with E-state index in [9.17, 15) is 9.90 Å². The normalized spacial score (nSPS) is 24.5. The lowest BCUT2D eigenvalue weighted by molar-refractivity contribution is -0.00712. The first-order valence-electron chi connectivity index (χ1n) is 9.93. The Labute approximate surface area is 155 Å². The Balaban J connectivity index is 1.56. The van der Waals surface area contributed by atoms with Crippen LogP contribution in [0.4, 0.5) is 0 Å². The smallest absolute Gasteiger partial charge is 0.269 e. The summed E-state index contributed by atoms with van der Waals surface area (Å²) in [5.41, 5.74) is 2.65. The van der Waals surface area contributed by atoms with E-state index in [2.05, 4.69) is 15.3 Å². The van der Waals surface area contributed by atoms with Gasteiger partial charge in [-0.25, -0.2) is 0 Å². The number of likely N-dealkylation sites (tertiary alicyclic amines) is 1. The van der Waals surface area contributed by atoms with Crippen molar-refractivity contribution in [3.05, 3.63) is 17.0 Å². The third-order valence-electron chi connectivity index (χ3n) is 5.40. The van der Waals surface area contributed by atoms with E-state index in [0.29, 0.717) is 18.8 Å². The van der Waals surface area contributed by atoms with Crippen molar-refractivity contribution >= 4 is 5.91 Å². The molecular weight excluding hydrogens is 332 g/mol. The third-order valence-corrected chi connectivity index (χ3v) is 5.40. The second kappa shape index (κ2) is 8.50. The van der Waals surface area contributed by atoms with E-state index in [4.69, 9.17) is 4.74 Å². The molecule has 0 radical (unpaired) electrons. The molecule has 1 saturated heterocycles. The van der Waals surface area contributed by atoms with Gasteiger partial charge in [0.15, 0.2) is 0 Å². The number of aliphatic hydroxyl groups is 1. The molecule has 3 heterocycles. The number of carbonyl (C=O) groups excluding carboxylic acids is 1. The van der Waals surface area contributed by atoms with Crippen molar-refractivity contribution in [1.29, 1.82) is 0 Å². The zero-order chi connectivity index (χ0) is 18.7. The van der Waals surface area contributed by atoms with Crippen molar-refractivity contribution in [3.63, 3.8) is 0 Å². The molecule has 26 heavy (non-hydrogen) atoms. The number of aliphatic hydroxyl groups excluding tert-OH is 1. The van der Waals surface area contributed by atoms with Gasteiger partial charge in [-0.2, -0.15) is 5.10 Å². The SMILES string of the molecule is CCn1nc2c(c1C(=O)NCCCN1CCC(O)CC1)C[C@H](C)O[C@@H]2C. The summed E-state index contributed by atoms with van der Waals surface area (Å²) in [5, 5.41) is 17.2. The molecule has 0 unspecified atom stereocenters. The molecule has 1 aromatic heterocycles. The van der Waals surface area contributed by atoms with E-state index in [-0.39, 0.29) is 24.2 Å². The molecule has 0 saturated carbocycles. The lowest BCUT2D eigenvalue weighted by Crippen LogP contribution is -2.38. The molecule has 7 heteroatoms. The highest BCUT2D eigenvalue weighted by Gasteiger charge is 2.31. The van der Waals surface area contributed by atoms with E-state index >= 15 is 0 Å². The van der Waals surface area contributed by atoms with E-state index in [1.54, 1.807) is 0 Å². The fourth-order valence-corrected chi connectivity index (χ4v) is 4.01. The lowest BCUT2D eigenvalue weighted by Gasteiger charge is -2.29. The highest BCUT2D eigenvalue weighted by molar-refractivity contribution is 5.94. The Morgan fingerprint density at radius 2 is 2.08 bits per heavy atom. The van der Waals surface area contributed by atoms with Crippen LogP contribution in [0.2, 0.25) is 0 Å². The van der Waals surface area contributed by atoms with E-state index in [1.165, 1.54) is 0 Å². The van der Waals surface area contributed by atoms with Crippen LogP contribution in [0.15, 0.2) is 0 Å². The number of nitrogens with zero attached hydrogens (tertiary/aromatic N) is 3. The largest absolute Gasteiger partial charge is 0.393 e. The molecule has 146 valence electrons. The standard InChI is InChI=1S/C19H32N4O3/c1-4-23-18(16-12-13(2)26-14(3)17(16)21-23)19(25)20-8-5-9-22-10-6-15(24)7-11-22/h13-15,24H,4-12H2,1-3H3,(H,20,25)/t13-,14+/m0/s1. The van der Waals surface area contributed by atoms with Crippen LogP contribution in [-0.2, 0) is 17.7 Å². The minimum atomic E-state index is -0.139. The zero-order valence-corrected chi connectivity index (χ0v) is 16.2. The summed E-state index contributed by atoms with van der Waals surface area (Å²) < 4.78 is 7.66. The van der Waals surface area contributed by atoms with Gasteiger partial charge in [-0.3, -0.25) is 9.48 Å². The maximum Gasteiger partial charge on any atom is 0.269 e. The summed E-state index contributed by atoms with van der Waals surface area (Å²) in [4.78, 5) is 15.2. The van der Waals surface area contributed by atoms with Gasteiger partial charge < -0.3 is 20.1 Å². The number of rotatable bonds is 6. The fourth-order valence-electron chi connectivity index (χ4n) is 4.01. The number of aryl methyl sites for hydroxylation is 1. The molecule has 3 rings (SSSR count). The Kier molecular flexibility index (Phi) is 6.32. The van der Waals surface area contributed by atoms with Crippen molar-refractivity contribution < 1.29 is 14.6 Å². The second-order valence-electron chi connectivity index (χ2n) is 7.50. The molecule has 2 N–H and O–H groups in total. The fraction of sp³-hybridized carbons (Fsp3) is 0.789. The highest BCUT2D eigenvalue weighted by atomic mass is 16.5. The minimum Gasteiger partial charge on any atom is -0.393 e. The number of carbonyl (C=O) groups is 1. The number of aromatic nitrogens is 2. The molecule has 0 spiro atoms. The first kappa shape index (κ1) is 19.3. The summed E-state index contributed by atoms with van der Waals surface area (Å²) in [7, 11) is 0. The van der Waals surface area contributed by atoms with E-state index < -0.39 is 0 Å². The first-order chi connectivity index (χ1) is 12.5. The molecule has 0 aromatic carbocycles. The van der Waals surface area contributed by atoms with E-state index in [0.717, 1.165) is 56.6 Å². The summed E-state index contributed by atoms with van der Waals surface area (Å²) >= 11 is 0. The molecule has 2 aliphatic heterocycles. The number of hydrogen-bond donors (Lipinski definition) is 2. The van der Waals surface area contributed by atoms with Crippen molar-refractivity contribution in [2.24, 2.45) is 0 Å².